The van der Waals surface area contributed by atoms with Crippen LogP contribution in [0.2, 0.25) is 0 Å². The Morgan fingerprint density at radius 1 is 0.515 bits per heavy atom. The second kappa shape index (κ2) is 14.2. The lowest BCUT2D eigenvalue weighted by atomic mass is 9.49. The van der Waals surface area contributed by atoms with Gasteiger partial charge in [-0.3, -0.25) is 0 Å². The van der Waals surface area contributed by atoms with Crippen LogP contribution in [-0.2, 0) is 16.2 Å². The molecule has 1 aliphatic heterocycles. The van der Waals surface area contributed by atoms with Crippen molar-refractivity contribution in [3.8, 4) is 11.4 Å². The highest BCUT2D eigenvalue weighted by molar-refractivity contribution is 6.07. The van der Waals surface area contributed by atoms with Crippen LogP contribution in [0.5, 0.6) is 0 Å². The molecular formula is C63H60N4O. The fourth-order valence-electron chi connectivity index (χ4n) is 17.3. The molecule has 8 aliphatic rings. The maximum Gasteiger partial charge on any atom is 0.163 e. The summed E-state index contributed by atoms with van der Waals surface area (Å²) in [6, 6.07) is 47.3. The van der Waals surface area contributed by atoms with Gasteiger partial charge in [0, 0.05) is 38.4 Å². The Kier molecular flexibility index (Phi) is 8.36. The molecule has 338 valence electrons. The lowest BCUT2D eigenvalue weighted by molar-refractivity contribution is -0.00971. The first-order chi connectivity index (χ1) is 33.3. The highest BCUT2D eigenvalue weighted by atomic mass is 16.3. The van der Waals surface area contributed by atoms with Crippen molar-refractivity contribution in [2.45, 2.75) is 114 Å². The Bertz CT molecular complexity index is 3270. The summed E-state index contributed by atoms with van der Waals surface area (Å²) in [5.74, 6) is 8.28. The van der Waals surface area contributed by atoms with E-state index in [-0.39, 0.29) is 10.8 Å². The number of hydrogen-bond acceptors (Lipinski definition) is 5. The number of anilines is 3. The van der Waals surface area contributed by atoms with Crippen molar-refractivity contribution in [2.24, 2.45) is 35.5 Å². The number of aryl methyl sites for hydroxylation is 3. The van der Waals surface area contributed by atoms with Gasteiger partial charge < -0.3 is 9.32 Å². The van der Waals surface area contributed by atoms with Crippen LogP contribution in [0.15, 0.2) is 132 Å². The zero-order chi connectivity index (χ0) is 45.1. The average molecular weight is 889 g/mol. The molecule has 8 aromatic rings. The maximum absolute atomic E-state index is 6.97. The standard InChI is InChI=1S/C63H60N4O/c1-37-14-4-6-19-49(37)63(52-22-13-18-47-46-17-5-11-25-55(46)68-57(47)52)50-20-7-9-23-53(50)67(54-24-10-8-21-51(54)63)45-26-38(2)56(39(3)27-45)58-64-59(61-31-40-28-41(32-61)30-42(29-40)33-61)66-60(65-58)62-34-43-15-12-16-44(35-62)48(43)36-62/h4-11,13-14,17-27,40-44,48H,12,15-16,28-36H2,1-3H3. The summed E-state index contributed by atoms with van der Waals surface area (Å²) in [6.07, 6.45) is 16.1. The Hall–Kier alpha value is -6.07. The Morgan fingerprint density at radius 2 is 1.06 bits per heavy atom. The number of aromatic nitrogens is 3. The zero-order valence-electron chi connectivity index (χ0n) is 39.8. The van der Waals surface area contributed by atoms with Gasteiger partial charge in [-0.05, 0) is 178 Å². The van der Waals surface area contributed by atoms with Gasteiger partial charge in [0.05, 0.1) is 16.8 Å². The minimum absolute atomic E-state index is 0.101. The molecule has 16 rings (SSSR count). The number of nitrogens with zero attached hydrogens (tertiary/aromatic N) is 4. The third kappa shape index (κ3) is 5.42. The van der Waals surface area contributed by atoms with Gasteiger partial charge >= 0.3 is 0 Å². The molecule has 0 spiro atoms. The monoisotopic (exact) mass is 888 g/mol. The van der Waals surface area contributed by atoms with Crippen LogP contribution in [0, 0.1) is 56.3 Å². The summed E-state index contributed by atoms with van der Waals surface area (Å²) < 4.78 is 6.97. The van der Waals surface area contributed by atoms with Crippen molar-refractivity contribution in [2.75, 3.05) is 4.90 Å². The molecule has 0 amide bonds. The highest BCUT2D eigenvalue weighted by Crippen LogP contribution is 2.66. The van der Waals surface area contributed by atoms with E-state index in [0.29, 0.717) is 0 Å². The lowest BCUT2D eigenvalue weighted by Crippen LogP contribution is -2.49. The van der Waals surface area contributed by atoms with Crippen LogP contribution >= 0.6 is 0 Å². The summed E-state index contributed by atoms with van der Waals surface area (Å²) >= 11 is 0. The van der Waals surface area contributed by atoms with Crippen molar-refractivity contribution in [3.05, 3.63) is 178 Å². The minimum atomic E-state index is -0.682. The molecule has 5 nitrogen and oxygen atoms in total. The molecule has 3 heterocycles. The quantitative estimate of drug-likeness (QED) is 0.166. The van der Waals surface area contributed by atoms with Crippen LogP contribution in [0.4, 0.5) is 17.1 Å². The van der Waals surface area contributed by atoms with Crippen molar-refractivity contribution in [3.63, 3.8) is 0 Å². The van der Waals surface area contributed by atoms with Crippen molar-refractivity contribution >= 4 is 39.0 Å². The molecule has 68 heavy (non-hydrogen) atoms. The SMILES string of the molecule is Cc1ccccc1C1(c2cccc3c2oc2ccccc23)c2ccccc2N(c2cc(C)c(-c3nc(C45CC6CC(CC(C6)C4)C5)nc(C45CC6CCCC(C4)C6C5)n3)c(C)c2)c2ccccc21. The van der Waals surface area contributed by atoms with E-state index in [2.05, 4.69) is 153 Å². The Labute approximate surface area is 400 Å². The van der Waals surface area contributed by atoms with E-state index in [1.807, 2.05) is 0 Å². The molecule has 0 N–H and O–H groups in total. The van der Waals surface area contributed by atoms with E-state index in [1.165, 1.54) is 127 Å². The molecule has 0 radical (unpaired) electrons. The summed E-state index contributed by atoms with van der Waals surface area (Å²) in [5.41, 5.74) is 14.6. The van der Waals surface area contributed by atoms with Gasteiger partial charge in [-0.1, -0.05) is 116 Å². The molecule has 6 aromatic carbocycles. The van der Waals surface area contributed by atoms with Crippen LogP contribution < -0.4 is 4.90 Å². The Balaban J connectivity index is 0.918. The first-order valence-electron chi connectivity index (χ1n) is 26.1. The topological polar surface area (TPSA) is 55.1 Å². The highest BCUT2D eigenvalue weighted by Gasteiger charge is 2.60. The van der Waals surface area contributed by atoms with Crippen LogP contribution in [0.1, 0.15) is 128 Å². The molecule has 7 aliphatic carbocycles. The molecular weight excluding hydrogens is 829 g/mol. The van der Waals surface area contributed by atoms with E-state index in [1.54, 1.807) is 0 Å². The fourth-order valence-corrected chi connectivity index (χ4v) is 17.3. The smallest absolute Gasteiger partial charge is 0.163 e. The number of para-hydroxylation sites is 4. The first-order valence-corrected chi connectivity index (χ1v) is 26.1. The predicted molar refractivity (Wildman–Crippen MR) is 273 cm³/mol. The number of benzene rings is 6. The van der Waals surface area contributed by atoms with Crippen LogP contribution in [-0.4, -0.2) is 15.0 Å². The van der Waals surface area contributed by atoms with Crippen molar-refractivity contribution in [1.82, 2.24) is 15.0 Å². The van der Waals surface area contributed by atoms with Gasteiger partial charge in [0.2, 0.25) is 0 Å². The normalized spacial score (nSPS) is 29.2. The average Bonchev–Trinajstić information content (AvgIpc) is 4.05. The second-order valence-corrected chi connectivity index (χ2v) is 23.2. The van der Waals surface area contributed by atoms with E-state index in [9.17, 15) is 0 Å². The van der Waals surface area contributed by atoms with Crippen LogP contribution in [0.25, 0.3) is 33.3 Å². The van der Waals surface area contributed by atoms with Gasteiger partial charge in [-0.25, -0.2) is 15.0 Å². The minimum Gasteiger partial charge on any atom is -0.456 e. The number of hydrogen-bond donors (Lipinski definition) is 0. The molecule has 2 unspecified atom stereocenters. The largest absolute Gasteiger partial charge is 0.456 e. The van der Waals surface area contributed by atoms with Gasteiger partial charge in [0.1, 0.15) is 22.8 Å². The maximum atomic E-state index is 6.97. The third-order valence-corrected chi connectivity index (χ3v) is 19.4. The summed E-state index contributed by atoms with van der Waals surface area (Å²) in [6.45, 7) is 6.89. The molecule has 7 fully saturated rings. The van der Waals surface area contributed by atoms with Gasteiger partial charge in [0.25, 0.3) is 0 Å². The van der Waals surface area contributed by atoms with Crippen LogP contribution in [0.3, 0.4) is 0 Å². The van der Waals surface area contributed by atoms with Gasteiger partial charge in [-0.15, -0.1) is 0 Å². The second-order valence-electron chi connectivity index (χ2n) is 23.2. The van der Waals surface area contributed by atoms with E-state index in [4.69, 9.17) is 19.4 Å². The molecule has 2 atom stereocenters. The third-order valence-electron chi connectivity index (χ3n) is 19.4. The number of rotatable bonds is 6. The fraction of sp³-hybridized carbons (Fsp3) is 0.381. The molecule has 6 bridgehead atoms. The van der Waals surface area contributed by atoms with E-state index < -0.39 is 5.41 Å². The molecule has 2 aromatic heterocycles. The number of furan rings is 1. The summed E-state index contributed by atoms with van der Waals surface area (Å²) in [7, 11) is 0. The Morgan fingerprint density at radius 3 is 1.69 bits per heavy atom. The zero-order valence-corrected chi connectivity index (χ0v) is 39.8. The lowest BCUT2D eigenvalue weighted by Gasteiger charge is -2.56. The molecule has 0 saturated heterocycles. The first kappa shape index (κ1) is 39.9. The van der Waals surface area contributed by atoms with E-state index >= 15 is 0 Å². The van der Waals surface area contributed by atoms with Gasteiger partial charge in [0.15, 0.2) is 5.82 Å². The van der Waals surface area contributed by atoms with Crippen molar-refractivity contribution in [1.29, 1.82) is 0 Å². The van der Waals surface area contributed by atoms with Gasteiger partial charge in [-0.2, -0.15) is 0 Å². The summed E-state index contributed by atoms with van der Waals surface area (Å²) in [5, 5.41) is 2.28. The predicted octanol–water partition coefficient (Wildman–Crippen LogP) is 15.5. The molecule has 5 heteroatoms. The van der Waals surface area contributed by atoms with E-state index in [0.717, 1.165) is 86.2 Å². The van der Waals surface area contributed by atoms with Crippen molar-refractivity contribution < 1.29 is 4.42 Å². The number of fused-ring (bicyclic) bond motifs is 6. The summed E-state index contributed by atoms with van der Waals surface area (Å²) in [4.78, 5) is 19.8. The molecule has 7 saturated carbocycles.